The fourth-order valence-corrected chi connectivity index (χ4v) is 1.03. The molecule has 0 aliphatic carbocycles. The number of hydrogen-bond acceptors (Lipinski definition) is 2. The van der Waals surface area contributed by atoms with Crippen LogP contribution < -0.4 is 5.73 Å². The number of hydrogen-bond donors (Lipinski definition) is 2. The second-order valence-electron chi connectivity index (χ2n) is 5.36. The molecule has 0 atom stereocenters. The molecule has 0 aromatic rings. The Labute approximate surface area is 87.5 Å². The Hall–Kier alpha value is -0.570. The van der Waals surface area contributed by atoms with Crippen LogP contribution in [0.15, 0.2) is 0 Å². The third-order valence-electron chi connectivity index (χ3n) is 2.21. The maximum Gasteiger partial charge on any atom is 0.0963 e. The van der Waals surface area contributed by atoms with Gasteiger partial charge in [-0.05, 0) is 33.6 Å². The molecule has 84 valence electrons. The van der Waals surface area contributed by atoms with Crippen LogP contribution in [0.25, 0.3) is 0 Å². The molecule has 0 aliphatic rings. The molecule has 0 amide bonds. The average Bonchev–Trinajstić information content (AvgIpc) is 1.96. The number of rotatable bonds is 5. The Bertz CT molecular complexity index is 192. The standard InChI is InChI=1S/C11H24N2O/c1-10(2,3)14-8-6-7-11(4,5)9(12)13/h6-8H2,1-5H3,(H3,12,13). The Morgan fingerprint density at radius 2 is 1.71 bits per heavy atom. The maximum absolute atomic E-state index is 7.39. The van der Waals surface area contributed by atoms with Crippen LogP contribution in [-0.2, 0) is 4.74 Å². The summed E-state index contributed by atoms with van der Waals surface area (Å²) in [7, 11) is 0. The minimum Gasteiger partial charge on any atom is -0.387 e. The van der Waals surface area contributed by atoms with E-state index in [9.17, 15) is 0 Å². The Morgan fingerprint density at radius 3 is 2.07 bits per heavy atom. The van der Waals surface area contributed by atoms with Gasteiger partial charge in [0.1, 0.15) is 0 Å². The normalized spacial score (nSPS) is 12.9. The molecule has 0 unspecified atom stereocenters. The van der Waals surface area contributed by atoms with E-state index in [1.807, 2.05) is 34.6 Å². The van der Waals surface area contributed by atoms with Crippen molar-refractivity contribution < 1.29 is 4.74 Å². The van der Waals surface area contributed by atoms with E-state index >= 15 is 0 Å². The molecular formula is C11H24N2O. The molecule has 0 radical (unpaired) electrons. The van der Waals surface area contributed by atoms with Gasteiger partial charge in [-0.3, -0.25) is 5.41 Å². The Morgan fingerprint density at radius 1 is 1.21 bits per heavy atom. The van der Waals surface area contributed by atoms with Gasteiger partial charge in [0.05, 0.1) is 11.4 Å². The minimum absolute atomic E-state index is 0.0691. The van der Waals surface area contributed by atoms with Gasteiger partial charge in [0.15, 0.2) is 0 Å². The van der Waals surface area contributed by atoms with Crippen LogP contribution >= 0.6 is 0 Å². The summed E-state index contributed by atoms with van der Waals surface area (Å²) in [4.78, 5) is 0. The van der Waals surface area contributed by atoms with E-state index in [0.717, 1.165) is 19.4 Å². The summed E-state index contributed by atoms with van der Waals surface area (Å²) in [6.07, 6.45) is 1.85. The zero-order valence-corrected chi connectivity index (χ0v) is 10.1. The first-order chi connectivity index (χ1) is 6.15. The summed E-state index contributed by atoms with van der Waals surface area (Å²) in [6.45, 7) is 10.9. The largest absolute Gasteiger partial charge is 0.387 e. The molecule has 0 aromatic heterocycles. The van der Waals surface area contributed by atoms with Crippen molar-refractivity contribution in [1.82, 2.24) is 0 Å². The lowest BCUT2D eigenvalue weighted by molar-refractivity contribution is -0.00632. The molecule has 3 nitrogen and oxygen atoms in total. The smallest absolute Gasteiger partial charge is 0.0963 e. The highest BCUT2D eigenvalue weighted by Gasteiger charge is 2.21. The maximum atomic E-state index is 7.39. The second kappa shape index (κ2) is 4.78. The van der Waals surface area contributed by atoms with Crippen molar-refractivity contribution in [2.75, 3.05) is 6.61 Å². The van der Waals surface area contributed by atoms with Crippen LogP contribution in [0.5, 0.6) is 0 Å². The fourth-order valence-electron chi connectivity index (χ4n) is 1.03. The van der Waals surface area contributed by atoms with Crippen molar-refractivity contribution in [2.45, 2.75) is 53.1 Å². The minimum atomic E-state index is -0.193. The van der Waals surface area contributed by atoms with Gasteiger partial charge in [0, 0.05) is 12.0 Å². The van der Waals surface area contributed by atoms with Crippen LogP contribution in [0, 0.1) is 10.8 Å². The molecule has 0 bridgehead atoms. The van der Waals surface area contributed by atoms with Crippen molar-refractivity contribution in [2.24, 2.45) is 11.1 Å². The van der Waals surface area contributed by atoms with E-state index in [0.29, 0.717) is 0 Å². The molecule has 0 heterocycles. The van der Waals surface area contributed by atoms with E-state index in [1.54, 1.807) is 0 Å². The highest BCUT2D eigenvalue weighted by atomic mass is 16.5. The average molecular weight is 200 g/mol. The van der Waals surface area contributed by atoms with Crippen molar-refractivity contribution in [3.8, 4) is 0 Å². The highest BCUT2D eigenvalue weighted by Crippen LogP contribution is 2.22. The third kappa shape index (κ3) is 5.97. The monoisotopic (exact) mass is 200 g/mol. The van der Waals surface area contributed by atoms with Crippen LogP contribution in [0.3, 0.4) is 0 Å². The molecule has 0 fully saturated rings. The van der Waals surface area contributed by atoms with Crippen LogP contribution in [-0.4, -0.2) is 18.0 Å². The van der Waals surface area contributed by atoms with Gasteiger partial charge in [-0.15, -0.1) is 0 Å². The van der Waals surface area contributed by atoms with Crippen molar-refractivity contribution in [1.29, 1.82) is 5.41 Å². The fraction of sp³-hybridized carbons (Fsp3) is 0.909. The molecule has 0 aliphatic heterocycles. The third-order valence-corrected chi connectivity index (χ3v) is 2.21. The van der Waals surface area contributed by atoms with Crippen molar-refractivity contribution in [3.63, 3.8) is 0 Å². The van der Waals surface area contributed by atoms with Gasteiger partial charge < -0.3 is 10.5 Å². The molecule has 3 heteroatoms. The molecule has 0 saturated heterocycles. The SMILES string of the molecule is CC(C)(C)OCCCC(C)(C)C(=N)N. The van der Waals surface area contributed by atoms with Crippen LogP contribution in [0.4, 0.5) is 0 Å². The molecule has 0 rings (SSSR count). The van der Waals surface area contributed by atoms with E-state index in [4.69, 9.17) is 15.9 Å². The summed E-state index contributed by atoms with van der Waals surface area (Å²) in [5.41, 5.74) is 5.22. The molecular weight excluding hydrogens is 176 g/mol. The zero-order chi connectivity index (χ0) is 11.4. The quantitative estimate of drug-likeness (QED) is 0.407. The summed E-state index contributed by atoms with van der Waals surface area (Å²) >= 11 is 0. The number of nitrogens with one attached hydrogen (secondary N) is 1. The predicted molar refractivity (Wildman–Crippen MR) is 60.6 cm³/mol. The summed E-state index contributed by atoms with van der Waals surface area (Å²) in [6, 6.07) is 0. The molecule has 0 spiro atoms. The summed E-state index contributed by atoms with van der Waals surface area (Å²) < 4.78 is 5.59. The van der Waals surface area contributed by atoms with Gasteiger partial charge in [-0.1, -0.05) is 13.8 Å². The topological polar surface area (TPSA) is 59.1 Å². The van der Waals surface area contributed by atoms with E-state index in [-0.39, 0.29) is 16.9 Å². The van der Waals surface area contributed by atoms with Crippen LogP contribution in [0.2, 0.25) is 0 Å². The Balaban J connectivity index is 3.70. The van der Waals surface area contributed by atoms with Crippen molar-refractivity contribution >= 4 is 5.84 Å². The zero-order valence-electron chi connectivity index (χ0n) is 10.1. The van der Waals surface area contributed by atoms with E-state index < -0.39 is 0 Å². The van der Waals surface area contributed by atoms with Gasteiger partial charge >= 0.3 is 0 Å². The lowest BCUT2D eigenvalue weighted by Crippen LogP contribution is -2.31. The van der Waals surface area contributed by atoms with Gasteiger partial charge in [-0.2, -0.15) is 0 Å². The van der Waals surface area contributed by atoms with Gasteiger partial charge in [-0.25, -0.2) is 0 Å². The lowest BCUT2D eigenvalue weighted by Gasteiger charge is -2.24. The molecule has 0 aromatic carbocycles. The Kier molecular flexibility index (Phi) is 4.59. The highest BCUT2D eigenvalue weighted by molar-refractivity contribution is 5.82. The first-order valence-electron chi connectivity index (χ1n) is 5.14. The van der Waals surface area contributed by atoms with E-state index in [1.165, 1.54) is 0 Å². The van der Waals surface area contributed by atoms with E-state index in [2.05, 4.69) is 0 Å². The van der Waals surface area contributed by atoms with Gasteiger partial charge in [0.25, 0.3) is 0 Å². The first-order valence-corrected chi connectivity index (χ1v) is 5.14. The first kappa shape index (κ1) is 13.4. The number of amidine groups is 1. The molecule has 14 heavy (non-hydrogen) atoms. The second-order valence-corrected chi connectivity index (χ2v) is 5.36. The van der Waals surface area contributed by atoms with Crippen LogP contribution in [0.1, 0.15) is 47.5 Å². The molecule has 0 saturated carbocycles. The summed E-state index contributed by atoms with van der Waals surface area (Å²) in [5.74, 6) is 0.258. The summed E-state index contributed by atoms with van der Waals surface area (Å²) in [5, 5.41) is 7.39. The van der Waals surface area contributed by atoms with Crippen molar-refractivity contribution in [3.05, 3.63) is 0 Å². The lowest BCUT2D eigenvalue weighted by atomic mass is 9.87. The molecule has 3 N–H and O–H groups in total. The number of nitrogens with two attached hydrogens (primary N) is 1. The predicted octanol–water partition coefficient (Wildman–Crippen LogP) is 2.54. The number of ether oxygens (including phenoxy) is 1. The van der Waals surface area contributed by atoms with Gasteiger partial charge in [0.2, 0.25) is 0 Å².